The molecule has 2 nitrogen and oxygen atoms in total. The van der Waals surface area contributed by atoms with Crippen molar-refractivity contribution in [3.63, 3.8) is 0 Å². The number of nitrogens with zero attached hydrogens (tertiary/aromatic N) is 2. The standard InChI is InChI=1S/C76H82N2/c1-71(2,3)51-30-36-67-63(45-51)64-46-52(72(4,5)6)31-37-68(64)78(67)66-35-29-48-26-32-61-65(34-28-47-27-33-62(66)70(48)69(47)61)77(58-43-55(75(13,14)15)42-56(44-58)76(16,17)18)57-23-21-22-49(40-57)59-24-19-20-25-60(59)50-38-53(73(7,8)9)41-54(39-50)74(10,11)12/h19-46H,1-18H3. The third kappa shape index (κ3) is 9.37. The van der Waals surface area contributed by atoms with Gasteiger partial charge in [-0.2, -0.15) is 0 Å². The second kappa shape index (κ2) is 18.2. The lowest BCUT2D eigenvalue weighted by Crippen LogP contribution is -2.19. The summed E-state index contributed by atoms with van der Waals surface area (Å²) in [5.41, 5.74) is 20.0. The maximum absolute atomic E-state index is 2.56. The Balaban J connectivity index is 1.17. The van der Waals surface area contributed by atoms with E-state index in [1.54, 1.807) is 0 Å². The lowest BCUT2D eigenvalue weighted by atomic mass is 9.78. The van der Waals surface area contributed by atoms with Crippen LogP contribution in [0.5, 0.6) is 0 Å². The Bertz CT molecular complexity index is 3990. The van der Waals surface area contributed by atoms with Gasteiger partial charge in [0.05, 0.1) is 22.4 Å². The number of hydrogen-bond acceptors (Lipinski definition) is 1. The lowest BCUT2D eigenvalue weighted by molar-refractivity contribution is 0.568. The maximum Gasteiger partial charge on any atom is 0.0541 e. The fourth-order valence-corrected chi connectivity index (χ4v) is 11.9. The largest absolute Gasteiger partial charge is 0.310 e. The molecule has 0 fully saturated rings. The number of fused-ring (bicyclic) bond motifs is 3. The van der Waals surface area contributed by atoms with E-state index in [9.17, 15) is 0 Å². The topological polar surface area (TPSA) is 8.17 Å². The molecule has 11 aromatic rings. The van der Waals surface area contributed by atoms with E-state index in [0.29, 0.717) is 0 Å². The molecule has 0 unspecified atom stereocenters. The van der Waals surface area contributed by atoms with Gasteiger partial charge in [0.1, 0.15) is 0 Å². The van der Waals surface area contributed by atoms with Crippen LogP contribution in [0.4, 0.5) is 17.1 Å². The van der Waals surface area contributed by atoms with Crippen molar-refractivity contribution < 1.29 is 0 Å². The minimum absolute atomic E-state index is 0.000895. The van der Waals surface area contributed by atoms with E-state index in [2.05, 4.69) is 304 Å². The zero-order chi connectivity index (χ0) is 55.8. The van der Waals surface area contributed by atoms with Crippen molar-refractivity contribution >= 4 is 71.2 Å². The Hall–Kier alpha value is -7.16. The Morgan fingerprint density at radius 3 is 1.23 bits per heavy atom. The summed E-state index contributed by atoms with van der Waals surface area (Å²) >= 11 is 0. The lowest BCUT2D eigenvalue weighted by Gasteiger charge is -2.32. The number of anilines is 3. The van der Waals surface area contributed by atoms with Crippen LogP contribution in [-0.2, 0) is 32.5 Å². The third-order valence-corrected chi connectivity index (χ3v) is 16.8. The van der Waals surface area contributed by atoms with Crippen LogP contribution >= 0.6 is 0 Å². The summed E-state index contributed by atoms with van der Waals surface area (Å²) in [7, 11) is 0. The van der Waals surface area contributed by atoms with Crippen molar-refractivity contribution in [2.75, 3.05) is 4.90 Å². The molecule has 0 aliphatic heterocycles. The summed E-state index contributed by atoms with van der Waals surface area (Å²) in [6.07, 6.45) is 0. The third-order valence-electron chi connectivity index (χ3n) is 16.8. The number of benzene rings is 10. The fraction of sp³-hybridized carbons (Fsp3) is 0.316. The Labute approximate surface area is 466 Å². The first kappa shape index (κ1) is 52.9. The van der Waals surface area contributed by atoms with Crippen molar-refractivity contribution in [3.05, 3.63) is 203 Å². The van der Waals surface area contributed by atoms with Gasteiger partial charge >= 0.3 is 0 Å². The molecule has 0 aliphatic rings. The Morgan fingerprint density at radius 2 is 0.731 bits per heavy atom. The molecular weight excluding hydrogens is 941 g/mol. The molecule has 11 rings (SSSR count). The molecule has 0 saturated heterocycles. The second-order valence-corrected chi connectivity index (χ2v) is 28.9. The van der Waals surface area contributed by atoms with Crippen LogP contribution in [0, 0.1) is 0 Å². The molecule has 1 aromatic heterocycles. The van der Waals surface area contributed by atoms with E-state index in [1.807, 2.05) is 0 Å². The molecule has 0 N–H and O–H groups in total. The first-order valence-corrected chi connectivity index (χ1v) is 28.6. The van der Waals surface area contributed by atoms with Crippen molar-refractivity contribution in [2.24, 2.45) is 0 Å². The van der Waals surface area contributed by atoms with E-state index < -0.39 is 0 Å². The highest BCUT2D eigenvalue weighted by atomic mass is 15.1. The SMILES string of the molecule is CC(C)(C)c1cc(-c2ccccc2-c2cccc(N(c3cc(C(C)(C)C)cc(C(C)(C)C)c3)c3ccc4ccc5c(-n6c7ccc(C(C)(C)C)cc7c7cc(C(C)(C)C)ccc76)ccc6ccc3c4c65)c2)cc(C(C)(C)C)c1. The molecule has 0 aliphatic carbocycles. The highest BCUT2D eigenvalue weighted by molar-refractivity contribution is 6.27. The molecule has 78 heavy (non-hydrogen) atoms. The average molecular weight is 1020 g/mol. The zero-order valence-electron chi connectivity index (χ0n) is 50.1. The van der Waals surface area contributed by atoms with Crippen LogP contribution in [0.1, 0.15) is 158 Å². The van der Waals surface area contributed by atoms with Gasteiger partial charge in [-0.05, 0) is 170 Å². The van der Waals surface area contributed by atoms with E-state index in [-0.39, 0.29) is 32.5 Å². The monoisotopic (exact) mass is 1020 g/mol. The van der Waals surface area contributed by atoms with E-state index >= 15 is 0 Å². The summed E-state index contributed by atoms with van der Waals surface area (Å²) in [6.45, 7) is 42.0. The van der Waals surface area contributed by atoms with Gasteiger partial charge in [0, 0.05) is 32.9 Å². The van der Waals surface area contributed by atoms with Gasteiger partial charge in [-0.3, -0.25) is 0 Å². The molecule has 0 radical (unpaired) electrons. The average Bonchev–Trinajstić information content (AvgIpc) is 3.90. The first-order chi connectivity index (χ1) is 36.4. The van der Waals surface area contributed by atoms with Crippen molar-refractivity contribution in [1.29, 1.82) is 0 Å². The molecule has 0 saturated carbocycles. The zero-order valence-corrected chi connectivity index (χ0v) is 50.1. The van der Waals surface area contributed by atoms with Crippen LogP contribution in [-0.4, -0.2) is 4.57 Å². The Morgan fingerprint density at radius 1 is 0.295 bits per heavy atom. The number of rotatable bonds is 6. The van der Waals surface area contributed by atoms with E-state index in [1.165, 1.54) is 115 Å². The van der Waals surface area contributed by atoms with Gasteiger partial charge in [-0.25, -0.2) is 0 Å². The summed E-state index contributed by atoms with van der Waals surface area (Å²) in [5, 5.41) is 10.2. The summed E-state index contributed by atoms with van der Waals surface area (Å²) in [6, 6.07) is 66.3. The van der Waals surface area contributed by atoms with Crippen LogP contribution in [0.2, 0.25) is 0 Å². The van der Waals surface area contributed by atoms with E-state index in [4.69, 9.17) is 0 Å². The predicted octanol–water partition coefficient (Wildman–Crippen LogP) is 22.3. The maximum atomic E-state index is 2.56. The quantitative estimate of drug-likeness (QED) is 0.151. The molecule has 396 valence electrons. The highest BCUT2D eigenvalue weighted by Gasteiger charge is 2.28. The predicted molar refractivity (Wildman–Crippen MR) is 342 cm³/mol. The van der Waals surface area contributed by atoms with Crippen LogP contribution in [0.3, 0.4) is 0 Å². The summed E-state index contributed by atoms with van der Waals surface area (Å²) in [4.78, 5) is 2.56. The van der Waals surface area contributed by atoms with Gasteiger partial charge in [0.15, 0.2) is 0 Å². The minimum Gasteiger partial charge on any atom is -0.310 e. The molecule has 0 amide bonds. The van der Waals surface area contributed by atoms with Gasteiger partial charge < -0.3 is 9.47 Å². The molecule has 0 spiro atoms. The molecule has 0 bridgehead atoms. The normalized spacial score (nSPS) is 13.3. The molecule has 0 atom stereocenters. The summed E-state index contributed by atoms with van der Waals surface area (Å²) in [5.74, 6) is 0. The minimum atomic E-state index is -0.0789. The number of aromatic nitrogens is 1. The van der Waals surface area contributed by atoms with Crippen LogP contribution in [0.25, 0.3) is 82.1 Å². The van der Waals surface area contributed by atoms with Crippen molar-refractivity contribution in [3.8, 4) is 27.9 Å². The van der Waals surface area contributed by atoms with Gasteiger partial charge in [0.2, 0.25) is 0 Å². The summed E-state index contributed by atoms with van der Waals surface area (Å²) < 4.78 is 2.54. The number of hydrogen-bond donors (Lipinski definition) is 0. The molecule has 1 heterocycles. The van der Waals surface area contributed by atoms with Crippen LogP contribution in [0.15, 0.2) is 170 Å². The first-order valence-electron chi connectivity index (χ1n) is 28.6. The van der Waals surface area contributed by atoms with Gasteiger partial charge in [-0.15, -0.1) is 0 Å². The fourth-order valence-electron chi connectivity index (χ4n) is 11.9. The second-order valence-electron chi connectivity index (χ2n) is 28.9. The Kier molecular flexibility index (Phi) is 12.3. The molecular formula is C76H82N2. The highest BCUT2D eigenvalue weighted by Crippen LogP contribution is 2.49. The van der Waals surface area contributed by atoms with Crippen LogP contribution < -0.4 is 4.90 Å². The van der Waals surface area contributed by atoms with Gasteiger partial charge in [0.25, 0.3) is 0 Å². The van der Waals surface area contributed by atoms with Crippen molar-refractivity contribution in [2.45, 2.75) is 157 Å². The van der Waals surface area contributed by atoms with E-state index in [0.717, 1.165) is 17.1 Å². The molecule has 10 aromatic carbocycles. The van der Waals surface area contributed by atoms with Gasteiger partial charge in [-0.1, -0.05) is 234 Å². The van der Waals surface area contributed by atoms with Crippen molar-refractivity contribution in [1.82, 2.24) is 4.57 Å². The smallest absolute Gasteiger partial charge is 0.0541 e. The molecule has 2 heteroatoms.